The number of oxazole rings is 1. The van der Waals surface area contributed by atoms with Gasteiger partial charge in [-0.05, 0) is 19.8 Å². The van der Waals surface area contributed by atoms with Crippen molar-refractivity contribution in [2.45, 2.75) is 38.4 Å². The quantitative estimate of drug-likeness (QED) is 0.700. The van der Waals surface area contributed by atoms with Gasteiger partial charge in [-0.25, -0.2) is 0 Å². The maximum Gasteiger partial charge on any atom is 0.297 e. The highest BCUT2D eigenvalue weighted by Crippen LogP contribution is 2.20. The molecule has 1 saturated carbocycles. The van der Waals surface area contributed by atoms with Gasteiger partial charge < -0.3 is 24.1 Å². The normalized spacial score (nSPS) is 16.4. The molecule has 1 atom stereocenters. The summed E-state index contributed by atoms with van der Waals surface area (Å²) >= 11 is 0. The zero-order valence-corrected chi connectivity index (χ0v) is 12.6. The fourth-order valence-corrected chi connectivity index (χ4v) is 2.07. The third-order valence-corrected chi connectivity index (χ3v) is 3.41. The number of aromatic nitrogens is 1. The first-order chi connectivity index (χ1) is 9.74. The summed E-state index contributed by atoms with van der Waals surface area (Å²) in [6.45, 7) is 4.85. The molecule has 6 heteroatoms. The van der Waals surface area contributed by atoms with Crippen LogP contribution in [0.5, 0.6) is 0 Å². The molecule has 0 amide bonds. The molecular weight excluding hydrogens is 258 g/mol. The molecular formula is C14H25N3O3. The maximum atomic E-state index is 5.61. The number of methoxy groups -OCH3 is 2. The Kier molecular flexibility index (Phi) is 5.82. The first kappa shape index (κ1) is 15.3. The molecule has 1 fully saturated rings. The molecule has 114 valence electrons. The summed E-state index contributed by atoms with van der Waals surface area (Å²) in [6.07, 6.45) is 4.27. The molecule has 1 aromatic rings. The van der Waals surface area contributed by atoms with Gasteiger partial charge in [0.15, 0.2) is 0 Å². The molecule has 0 radical (unpaired) electrons. The second-order valence-electron chi connectivity index (χ2n) is 5.27. The summed E-state index contributed by atoms with van der Waals surface area (Å²) in [5.41, 5.74) is 0.943. The third-order valence-electron chi connectivity index (χ3n) is 3.41. The molecule has 1 aliphatic carbocycles. The lowest BCUT2D eigenvalue weighted by Gasteiger charge is -2.26. The molecule has 20 heavy (non-hydrogen) atoms. The lowest BCUT2D eigenvalue weighted by Crippen LogP contribution is -2.39. The van der Waals surface area contributed by atoms with E-state index in [0.29, 0.717) is 25.3 Å². The van der Waals surface area contributed by atoms with Crippen LogP contribution in [0.3, 0.4) is 0 Å². The van der Waals surface area contributed by atoms with Crippen LogP contribution in [0.25, 0.3) is 0 Å². The van der Waals surface area contributed by atoms with Crippen molar-refractivity contribution in [1.29, 1.82) is 0 Å². The number of ether oxygens (including phenoxy) is 2. The Balaban J connectivity index is 1.94. The maximum absolute atomic E-state index is 5.61. The molecule has 0 aliphatic heterocycles. The van der Waals surface area contributed by atoms with Crippen LogP contribution in [0.15, 0.2) is 10.7 Å². The lowest BCUT2D eigenvalue weighted by molar-refractivity contribution is 0.168. The van der Waals surface area contributed by atoms with Crippen LogP contribution in [0, 0.1) is 0 Å². The van der Waals surface area contributed by atoms with Gasteiger partial charge in [-0.2, -0.15) is 4.98 Å². The van der Waals surface area contributed by atoms with Crippen molar-refractivity contribution in [3.8, 4) is 0 Å². The highest BCUT2D eigenvalue weighted by Gasteiger charge is 2.22. The van der Waals surface area contributed by atoms with E-state index in [2.05, 4.69) is 22.1 Å². The van der Waals surface area contributed by atoms with Crippen molar-refractivity contribution in [2.24, 2.45) is 0 Å². The molecule has 1 N–H and O–H groups in total. The summed E-state index contributed by atoms with van der Waals surface area (Å²) in [5.74, 6) is 0. The van der Waals surface area contributed by atoms with Crippen LogP contribution in [0.4, 0.5) is 6.01 Å². The Bertz CT molecular complexity index is 393. The fourth-order valence-electron chi connectivity index (χ4n) is 2.07. The minimum atomic E-state index is 0.193. The van der Waals surface area contributed by atoms with E-state index in [-0.39, 0.29) is 6.04 Å². The molecule has 1 heterocycles. The second kappa shape index (κ2) is 7.61. The predicted octanol–water partition coefficient (Wildman–Crippen LogP) is 1.41. The molecule has 0 aromatic carbocycles. The van der Waals surface area contributed by atoms with Crippen LogP contribution < -0.4 is 10.2 Å². The smallest absolute Gasteiger partial charge is 0.297 e. The van der Waals surface area contributed by atoms with Crippen molar-refractivity contribution < 1.29 is 13.9 Å². The summed E-state index contributed by atoms with van der Waals surface area (Å²) in [5, 5.41) is 3.43. The largest absolute Gasteiger partial charge is 0.432 e. The number of rotatable bonds is 10. The molecule has 6 nitrogen and oxygen atoms in total. The highest BCUT2D eigenvalue weighted by molar-refractivity contribution is 5.29. The van der Waals surface area contributed by atoms with E-state index in [4.69, 9.17) is 13.9 Å². The average molecular weight is 283 g/mol. The summed E-state index contributed by atoms with van der Waals surface area (Å²) in [6, 6.07) is 1.50. The second-order valence-corrected chi connectivity index (χ2v) is 5.27. The Morgan fingerprint density at radius 3 is 2.90 bits per heavy atom. The molecule has 0 saturated heterocycles. The Labute approximate surface area is 120 Å². The number of hydrogen-bond donors (Lipinski definition) is 1. The summed E-state index contributed by atoms with van der Waals surface area (Å²) in [7, 11) is 3.39. The van der Waals surface area contributed by atoms with Gasteiger partial charge in [0.05, 0.1) is 24.9 Å². The molecule has 1 aliphatic rings. The zero-order chi connectivity index (χ0) is 14.4. The minimum absolute atomic E-state index is 0.193. The van der Waals surface area contributed by atoms with E-state index in [1.807, 2.05) is 0 Å². The molecule has 1 aromatic heterocycles. The van der Waals surface area contributed by atoms with E-state index in [1.54, 1.807) is 20.5 Å². The van der Waals surface area contributed by atoms with Crippen molar-refractivity contribution in [3.63, 3.8) is 0 Å². The Morgan fingerprint density at radius 1 is 1.45 bits per heavy atom. The van der Waals surface area contributed by atoms with E-state index < -0.39 is 0 Å². The standard InChI is InChI=1S/C14H25N3O3/c1-11(9-19-3)17(6-7-18-2)14-16-13(10-20-14)8-15-12-4-5-12/h10-12,15H,4-9H2,1-3H3. The van der Waals surface area contributed by atoms with Crippen molar-refractivity contribution in [1.82, 2.24) is 10.3 Å². The topological polar surface area (TPSA) is 59.8 Å². The van der Waals surface area contributed by atoms with Gasteiger partial charge in [-0.1, -0.05) is 0 Å². The summed E-state index contributed by atoms with van der Waals surface area (Å²) in [4.78, 5) is 6.63. The van der Waals surface area contributed by atoms with Gasteiger partial charge in [-0.3, -0.25) is 0 Å². The van der Waals surface area contributed by atoms with Gasteiger partial charge in [0.2, 0.25) is 0 Å². The molecule has 2 rings (SSSR count). The Morgan fingerprint density at radius 2 is 2.25 bits per heavy atom. The minimum Gasteiger partial charge on any atom is -0.432 e. The first-order valence-electron chi connectivity index (χ1n) is 7.17. The monoisotopic (exact) mass is 283 g/mol. The van der Waals surface area contributed by atoms with Crippen LogP contribution >= 0.6 is 0 Å². The van der Waals surface area contributed by atoms with Crippen LogP contribution in [0.1, 0.15) is 25.5 Å². The van der Waals surface area contributed by atoms with E-state index in [0.717, 1.165) is 18.8 Å². The number of nitrogens with one attached hydrogen (secondary N) is 1. The highest BCUT2D eigenvalue weighted by atomic mass is 16.5. The van der Waals surface area contributed by atoms with E-state index in [1.165, 1.54) is 12.8 Å². The predicted molar refractivity (Wildman–Crippen MR) is 76.9 cm³/mol. The SMILES string of the molecule is COCCN(c1nc(CNC2CC2)co1)C(C)COC. The Hall–Kier alpha value is -1.11. The van der Waals surface area contributed by atoms with Gasteiger partial charge in [0.25, 0.3) is 6.01 Å². The van der Waals surface area contributed by atoms with Crippen molar-refractivity contribution in [2.75, 3.05) is 38.9 Å². The number of anilines is 1. The zero-order valence-electron chi connectivity index (χ0n) is 12.6. The van der Waals surface area contributed by atoms with Gasteiger partial charge >= 0.3 is 0 Å². The molecule has 0 bridgehead atoms. The molecule has 1 unspecified atom stereocenters. The first-order valence-corrected chi connectivity index (χ1v) is 7.17. The fraction of sp³-hybridized carbons (Fsp3) is 0.786. The summed E-state index contributed by atoms with van der Waals surface area (Å²) < 4.78 is 16.0. The number of hydrogen-bond acceptors (Lipinski definition) is 6. The van der Waals surface area contributed by atoms with Crippen LogP contribution in [-0.2, 0) is 16.0 Å². The average Bonchev–Trinajstić information content (AvgIpc) is 3.16. The van der Waals surface area contributed by atoms with Crippen LogP contribution in [0.2, 0.25) is 0 Å². The van der Waals surface area contributed by atoms with Crippen molar-refractivity contribution in [3.05, 3.63) is 12.0 Å². The molecule has 0 spiro atoms. The third kappa shape index (κ3) is 4.47. The van der Waals surface area contributed by atoms with Gasteiger partial charge in [0, 0.05) is 33.4 Å². The van der Waals surface area contributed by atoms with E-state index in [9.17, 15) is 0 Å². The lowest BCUT2D eigenvalue weighted by atomic mass is 10.3. The van der Waals surface area contributed by atoms with Gasteiger partial charge in [-0.15, -0.1) is 0 Å². The van der Waals surface area contributed by atoms with E-state index >= 15 is 0 Å². The van der Waals surface area contributed by atoms with Crippen LogP contribution in [-0.4, -0.2) is 51.0 Å². The van der Waals surface area contributed by atoms with Gasteiger partial charge in [0.1, 0.15) is 6.26 Å². The number of nitrogens with zero attached hydrogens (tertiary/aromatic N) is 2. The van der Waals surface area contributed by atoms with Crippen molar-refractivity contribution >= 4 is 6.01 Å².